The number of likely N-dealkylation sites (N-methyl/N-ethyl adjacent to an activating group) is 1. The molecule has 0 aliphatic carbocycles. The second-order valence-corrected chi connectivity index (χ2v) is 5.20. The maximum absolute atomic E-state index is 12.9. The Balaban J connectivity index is 2.08. The minimum absolute atomic E-state index is 0.0427. The number of nitrogens with zero attached hydrogens (tertiary/aromatic N) is 2. The van der Waals surface area contributed by atoms with Gasteiger partial charge in [0, 0.05) is 32.7 Å². The van der Waals surface area contributed by atoms with E-state index in [0.717, 1.165) is 32.2 Å². The Morgan fingerprint density at radius 3 is 2.35 bits per heavy atom. The number of rotatable bonds is 3. The summed E-state index contributed by atoms with van der Waals surface area (Å²) in [6, 6.07) is 5.23. The highest BCUT2D eigenvalue weighted by molar-refractivity contribution is 5.31. The van der Waals surface area contributed by atoms with Crippen molar-refractivity contribution >= 4 is 0 Å². The molecule has 2 rings (SSSR count). The average molecular weight is 288 g/mol. The van der Waals surface area contributed by atoms with Gasteiger partial charge in [-0.3, -0.25) is 4.90 Å². The average Bonchev–Trinajstić information content (AvgIpc) is 2.40. The van der Waals surface area contributed by atoms with E-state index in [-0.39, 0.29) is 12.1 Å². The van der Waals surface area contributed by atoms with Crippen molar-refractivity contribution < 1.29 is 18.3 Å². The number of halogens is 3. The van der Waals surface area contributed by atoms with Crippen LogP contribution in [0.5, 0.6) is 0 Å². The number of aliphatic hydroxyl groups excluding tert-OH is 1. The van der Waals surface area contributed by atoms with E-state index in [2.05, 4.69) is 4.90 Å². The van der Waals surface area contributed by atoms with Crippen molar-refractivity contribution in [2.24, 2.45) is 0 Å². The molecule has 112 valence electrons. The van der Waals surface area contributed by atoms with Crippen LogP contribution < -0.4 is 0 Å². The summed E-state index contributed by atoms with van der Waals surface area (Å²) < 4.78 is 38.7. The van der Waals surface area contributed by atoms with Gasteiger partial charge in [-0.25, -0.2) is 0 Å². The van der Waals surface area contributed by atoms with Crippen LogP contribution in [0, 0.1) is 0 Å². The molecular weight excluding hydrogens is 269 g/mol. The summed E-state index contributed by atoms with van der Waals surface area (Å²) in [4.78, 5) is 4.16. The van der Waals surface area contributed by atoms with Gasteiger partial charge in [0.15, 0.2) is 0 Å². The standard InChI is InChI=1S/C14H19F3N2O/c1-18-6-8-19(9-7-18)10-13(20)11-4-2-3-5-12(11)14(15,16)17/h2-5,13,20H,6-10H2,1H3. The number of piperazine rings is 1. The fourth-order valence-electron chi connectivity index (χ4n) is 2.42. The van der Waals surface area contributed by atoms with Gasteiger partial charge in [0.25, 0.3) is 0 Å². The van der Waals surface area contributed by atoms with E-state index in [1.807, 2.05) is 11.9 Å². The van der Waals surface area contributed by atoms with Crippen molar-refractivity contribution in [1.29, 1.82) is 0 Å². The van der Waals surface area contributed by atoms with Crippen molar-refractivity contribution in [3.8, 4) is 0 Å². The molecule has 1 heterocycles. The van der Waals surface area contributed by atoms with Crippen molar-refractivity contribution in [1.82, 2.24) is 9.80 Å². The number of β-amino-alcohol motifs (C(OH)–C–C–N with tert-alkyl or cyclic N) is 1. The van der Waals surface area contributed by atoms with E-state index in [4.69, 9.17) is 0 Å². The lowest BCUT2D eigenvalue weighted by atomic mass is 10.0. The minimum Gasteiger partial charge on any atom is -0.387 e. The van der Waals surface area contributed by atoms with Crippen LogP contribution in [0.25, 0.3) is 0 Å². The molecule has 1 atom stereocenters. The van der Waals surface area contributed by atoms with E-state index in [1.165, 1.54) is 18.2 Å². The fraction of sp³-hybridized carbons (Fsp3) is 0.571. The SMILES string of the molecule is CN1CCN(CC(O)c2ccccc2C(F)(F)F)CC1. The molecule has 1 aromatic rings. The first kappa shape index (κ1) is 15.3. The van der Waals surface area contributed by atoms with Crippen molar-refractivity contribution in [3.63, 3.8) is 0 Å². The van der Waals surface area contributed by atoms with Crippen LogP contribution in [-0.4, -0.2) is 54.7 Å². The van der Waals surface area contributed by atoms with Crippen molar-refractivity contribution in [2.75, 3.05) is 39.8 Å². The van der Waals surface area contributed by atoms with E-state index in [1.54, 1.807) is 0 Å². The summed E-state index contributed by atoms with van der Waals surface area (Å²) in [6.07, 6.45) is -5.55. The molecule has 1 aromatic carbocycles. The maximum Gasteiger partial charge on any atom is 0.416 e. The topological polar surface area (TPSA) is 26.7 Å². The second-order valence-electron chi connectivity index (χ2n) is 5.20. The first-order chi connectivity index (χ1) is 9.38. The molecular formula is C14H19F3N2O. The summed E-state index contributed by atoms with van der Waals surface area (Å²) in [5.41, 5.74) is -0.791. The van der Waals surface area contributed by atoms with E-state index >= 15 is 0 Å². The Bertz CT molecular complexity index is 442. The smallest absolute Gasteiger partial charge is 0.387 e. The number of hydrogen-bond acceptors (Lipinski definition) is 3. The summed E-state index contributed by atoms with van der Waals surface area (Å²) in [7, 11) is 2.01. The molecule has 3 nitrogen and oxygen atoms in total. The molecule has 1 aliphatic heterocycles. The molecule has 0 saturated carbocycles. The molecule has 1 aliphatic rings. The molecule has 1 saturated heterocycles. The largest absolute Gasteiger partial charge is 0.416 e. The fourth-order valence-corrected chi connectivity index (χ4v) is 2.42. The van der Waals surface area contributed by atoms with Gasteiger partial charge in [0.2, 0.25) is 0 Å². The molecule has 1 fully saturated rings. The lowest BCUT2D eigenvalue weighted by molar-refractivity contribution is -0.139. The third-order valence-electron chi connectivity index (χ3n) is 3.65. The first-order valence-corrected chi connectivity index (χ1v) is 6.63. The van der Waals surface area contributed by atoms with Gasteiger partial charge in [-0.2, -0.15) is 13.2 Å². The third-order valence-corrected chi connectivity index (χ3v) is 3.65. The van der Waals surface area contributed by atoms with E-state index in [9.17, 15) is 18.3 Å². The van der Waals surface area contributed by atoms with E-state index < -0.39 is 17.8 Å². The predicted molar refractivity (Wildman–Crippen MR) is 70.3 cm³/mol. The number of hydrogen-bond donors (Lipinski definition) is 1. The van der Waals surface area contributed by atoms with Crippen LogP contribution in [0.15, 0.2) is 24.3 Å². The Morgan fingerprint density at radius 2 is 1.75 bits per heavy atom. The summed E-state index contributed by atoms with van der Waals surface area (Å²) in [5.74, 6) is 0. The van der Waals surface area contributed by atoms with Gasteiger partial charge >= 0.3 is 6.18 Å². The molecule has 20 heavy (non-hydrogen) atoms. The molecule has 0 radical (unpaired) electrons. The molecule has 1 N–H and O–H groups in total. The maximum atomic E-state index is 12.9. The Kier molecular flexibility index (Phi) is 4.67. The number of benzene rings is 1. The lowest BCUT2D eigenvalue weighted by Crippen LogP contribution is -2.45. The summed E-state index contributed by atoms with van der Waals surface area (Å²) in [6.45, 7) is 3.51. The minimum atomic E-state index is -4.43. The highest BCUT2D eigenvalue weighted by Gasteiger charge is 2.35. The molecule has 6 heteroatoms. The Morgan fingerprint density at radius 1 is 1.15 bits per heavy atom. The third kappa shape index (κ3) is 3.71. The summed E-state index contributed by atoms with van der Waals surface area (Å²) >= 11 is 0. The van der Waals surface area contributed by atoms with Gasteiger partial charge < -0.3 is 10.0 Å². The van der Waals surface area contributed by atoms with E-state index in [0.29, 0.717) is 0 Å². The molecule has 0 bridgehead atoms. The van der Waals surface area contributed by atoms with Crippen LogP contribution in [-0.2, 0) is 6.18 Å². The highest BCUT2D eigenvalue weighted by Crippen LogP contribution is 2.34. The monoisotopic (exact) mass is 288 g/mol. The zero-order chi connectivity index (χ0) is 14.8. The second kappa shape index (κ2) is 6.11. The number of alkyl halides is 3. The zero-order valence-corrected chi connectivity index (χ0v) is 11.4. The van der Waals surface area contributed by atoms with Gasteiger partial charge in [0.05, 0.1) is 11.7 Å². The molecule has 1 unspecified atom stereocenters. The van der Waals surface area contributed by atoms with Crippen LogP contribution in [0.4, 0.5) is 13.2 Å². The van der Waals surface area contributed by atoms with Crippen molar-refractivity contribution in [3.05, 3.63) is 35.4 Å². The van der Waals surface area contributed by atoms with Crippen LogP contribution in [0.2, 0.25) is 0 Å². The molecule has 0 amide bonds. The predicted octanol–water partition coefficient (Wildman–Crippen LogP) is 1.99. The van der Waals surface area contributed by atoms with Gasteiger partial charge in [-0.15, -0.1) is 0 Å². The zero-order valence-electron chi connectivity index (χ0n) is 11.4. The highest BCUT2D eigenvalue weighted by atomic mass is 19.4. The van der Waals surface area contributed by atoms with Crippen LogP contribution in [0.1, 0.15) is 17.2 Å². The van der Waals surface area contributed by atoms with Gasteiger partial charge in [-0.05, 0) is 18.7 Å². The quantitative estimate of drug-likeness (QED) is 0.921. The Hall–Kier alpha value is -1.11. The Labute approximate surface area is 116 Å². The molecule has 0 spiro atoms. The summed E-state index contributed by atoms with van der Waals surface area (Å²) in [5, 5.41) is 10.1. The van der Waals surface area contributed by atoms with Crippen molar-refractivity contribution in [2.45, 2.75) is 12.3 Å². The first-order valence-electron chi connectivity index (χ1n) is 6.63. The van der Waals surface area contributed by atoms with Gasteiger partial charge in [0.1, 0.15) is 0 Å². The number of aliphatic hydroxyl groups is 1. The van der Waals surface area contributed by atoms with Crippen LogP contribution >= 0.6 is 0 Å². The van der Waals surface area contributed by atoms with Gasteiger partial charge in [-0.1, -0.05) is 18.2 Å². The molecule has 0 aromatic heterocycles. The normalized spacial score (nSPS) is 20.1. The van der Waals surface area contributed by atoms with Crippen LogP contribution in [0.3, 0.4) is 0 Å². The lowest BCUT2D eigenvalue weighted by Gasteiger charge is -2.33.